The van der Waals surface area contributed by atoms with E-state index >= 15 is 0 Å². The summed E-state index contributed by atoms with van der Waals surface area (Å²) in [6.45, 7) is 6.68. The molecule has 0 amide bonds. The Morgan fingerprint density at radius 1 is 1.33 bits per heavy atom. The minimum Gasteiger partial charge on any atom is -0.490 e. The van der Waals surface area contributed by atoms with Gasteiger partial charge in [-0.05, 0) is 29.7 Å². The van der Waals surface area contributed by atoms with Crippen molar-refractivity contribution >= 4 is 15.9 Å². The standard InChI is InChI=1S/C17H23BrO3/c1-12(2)15-9-13(18)3-4-16(15)21-14-5-7-20-17(10-14)6-8-19-11-17/h3-4,9,12,14H,5-8,10-11H2,1-2H3. The lowest BCUT2D eigenvalue weighted by atomic mass is 9.91. The fourth-order valence-corrected chi connectivity index (χ4v) is 3.58. The fraction of sp³-hybridized carbons (Fsp3) is 0.647. The van der Waals surface area contributed by atoms with Crippen molar-refractivity contribution in [3.63, 3.8) is 0 Å². The van der Waals surface area contributed by atoms with E-state index in [9.17, 15) is 0 Å². The quantitative estimate of drug-likeness (QED) is 0.810. The second-order valence-corrected chi connectivity index (χ2v) is 7.32. The summed E-state index contributed by atoms with van der Waals surface area (Å²) < 4.78 is 18.9. The smallest absolute Gasteiger partial charge is 0.123 e. The van der Waals surface area contributed by atoms with Crippen LogP contribution in [0.4, 0.5) is 0 Å². The Kier molecular flexibility index (Phi) is 4.57. The van der Waals surface area contributed by atoms with Crippen LogP contribution in [0.2, 0.25) is 0 Å². The number of halogens is 1. The monoisotopic (exact) mass is 354 g/mol. The van der Waals surface area contributed by atoms with Gasteiger partial charge in [-0.2, -0.15) is 0 Å². The maximum absolute atomic E-state index is 6.33. The lowest BCUT2D eigenvalue weighted by Gasteiger charge is -2.37. The largest absolute Gasteiger partial charge is 0.490 e. The molecule has 0 saturated carbocycles. The normalized spacial score (nSPS) is 29.2. The number of hydrogen-bond acceptors (Lipinski definition) is 3. The van der Waals surface area contributed by atoms with Crippen LogP contribution >= 0.6 is 15.9 Å². The average Bonchev–Trinajstić information content (AvgIpc) is 2.88. The van der Waals surface area contributed by atoms with Crippen molar-refractivity contribution in [1.82, 2.24) is 0 Å². The highest BCUT2D eigenvalue weighted by molar-refractivity contribution is 9.10. The molecule has 2 unspecified atom stereocenters. The topological polar surface area (TPSA) is 27.7 Å². The first-order valence-electron chi connectivity index (χ1n) is 7.76. The first-order chi connectivity index (χ1) is 10.1. The summed E-state index contributed by atoms with van der Waals surface area (Å²) in [5.74, 6) is 1.45. The maximum atomic E-state index is 6.33. The van der Waals surface area contributed by atoms with E-state index in [2.05, 4.69) is 48.0 Å². The van der Waals surface area contributed by atoms with Crippen LogP contribution in [-0.4, -0.2) is 31.5 Å². The molecule has 0 aliphatic carbocycles. The molecule has 2 fully saturated rings. The third-order valence-corrected chi connectivity index (χ3v) is 4.90. The zero-order valence-corrected chi connectivity index (χ0v) is 14.3. The molecule has 0 bridgehead atoms. The van der Waals surface area contributed by atoms with Gasteiger partial charge in [0.25, 0.3) is 0 Å². The van der Waals surface area contributed by atoms with E-state index in [1.54, 1.807) is 0 Å². The summed E-state index contributed by atoms with van der Waals surface area (Å²) in [4.78, 5) is 0. The minimum absolute atomic E-state index is 0.101. The lowest BCUT2D eigenvalue weighted by molar-refractivity contribution is -0.112. The Hall–Kier alpha value is -0.580. The molecule has 2 heterocycles. The van der Waals surface area contributed by atoms with Crippen molar-refractivity contribution in [3.05, 3.63) is 28.2 Å². The van der Waals surface area contributed by atoms with Crippen LogP contribution in [0.5, 0.6) is 5.75 Å². The molecule has 0 radical (unpaired) electrons. The van der Waals surface area contributed by atoms with Crippen LogP contribution < -0.4 is 4.74 Å². The molecule has 4 heteroatoms. The molecule has 2 saturated heterocycles. The summed E-state index contributed by atoms with van der Waals surface area (Å²) in [5.41, 5.74) is 1.16. The van der Waals surface area contributed by atoms with Crippen LogP contribution in [0, 0.1) is 0 Å². The van der Waals surface area contributed by atoms with E-state index in [4.69, 9.17) is 14.2 Å². The summed E-state index contributed by atoms with van der Waals surface area (Å²) in [7, 11) is 0. The van der Waals surface area contributed by atoms with Crippen molar-refractivity contribution in [2.45, 2.75) is 50.7 Å². The molecule has 1 aromatic rings. The number of ether oxygens (including phenoxy) is 3. The molecule has 1 spiro atoms. The zero-order chi connectivity index (χ0) is 14.9. The molecule has 2 aliphatic rings. The molecule has 0 N–H and O–H groups in total. The maximum Gasteiger partial charge on any atom is 0.123 e. The van der Waals surface area contributed by atoms with Crippen molar-refractivity contribution in [2.75, 3.05) is 19.8 Å². The highest BCUT2D eigenvalue weighted by atomic mass is 79.9. The third kappa shape index (κ3) is 3.43. The molecule has 2 atom stereocenters. The second kappa shape index (κ2) is 6.27. The third-order valence-electron chi connectivity index (χ3n) is 4.40. The SMILES string of the molecule is CC(C)c1cc(Br)ccc1OC1CCOC2(CCOC2)C1. The van der Waals surface area contributed by atoms with Gasteiger partial charge in [-0.15, -0.1) is 0 Å². The summed E-state index contributed by atoms with van der Waals surface area (Å²) >= 11 is 3.55. The Bertz CT molecular complexity index is 495. The lowest BCUT2D eigenvalue weighted by Crippen LogP contribution is -2.44. The molecular formula is C17H23BrO3. The van der Waals surface area contributed by atoms with Crippen molar-refractivity contribution < 1.29 is 14.2 Å². The van der Waals surface area contributed by atoms with Gasteiger partial charge in [0.1, 0.15) is 11.9 Å². The Morgan fingerprint density at radius 3 is 2.90 bits per heavy atom. The number of hydrogen-bond donors (Lipinski definition) is 0. The van der Waals surface area contributed by atoms with Crippen molar-refractivity contribution in [1.29, 1.82) is 0 Å². The number of benzene rings is 1. The Labute approximate surface area is 135 Å². The van der Waals surface area contributed by atoms with Gasteiger partial charge in [0, 0.05) is 30.3 Å². The van der Waals surface area contributed by atoms with Gasteiger partial charge >= 0.3 is 0 Å². The van der Waals surface area contributed by atoms with Crippen molar-refractivity contribution in [3.8, 4) is 5.75 Å². The summed E-state index contributed by atoms with van der Waals surface area (Å²) in [6.07, 6.45) is 3.10. The van der Waals surface area contributed by atoms with Gasteiger partial charge in [0.05, 0.1) is 18.8 Å². The van der Waals surface area contributed by atoms with E-state index in [0.717, 1.165) is 42.7 Å². The minimum atomic E-state index is -0.101. The van der Waals surface area contributed by atoms with Crippen LogP contribution in [0.25, 0.3) is 0 Å². The van der Waals surface area contributed by atoms with E-state index in [0.29, 0.717) is 12.5 Å². The van der Waals surface area contributed by atoms with Gasteiger partial charge in [-0.25, -0.2) is 0 Å². The predicted octanol–water partition coefficient (Wildman–Crippen LogP) is 4.29. The summed E-state index contributed by atoms with van der Waals surface area (Å²) in [5, 5.41) is 0. The first-order valence-corrected chi connectivity index (χ1v) is 8.55. The molecule has 3 nitrogen and oxygen atoms in total. The molecule has 21 heavy (non-hydrogen) atoms. The van der Waals surface area contributed by atoms with Crippen molar-refractivity contribution in [2.24, 2.45) is 0 Å². The van der Waals surface area contributed by atoms with E-state index in [1.165, 1.54) is 5.56 Å². The van der Waals surface area contributed by atoms with E-state index in [1.807, 2.05) is 0 Å². The Morgan fingerprint density at radius 2 is 2.19 bits per heavy atom. The average molecular weight is 355 g/mol. The van der Waals surface area contributed by atoms with Crippen LogP contribution in [-0.2, 0) is 9.47 Å². The highest BCUT2D eigenvalue weighted by Gasteiger charge is 2.41. The van der Waals surface area contributed by atoms with E-state index < -0.39 is 0 Å². The first kappa shape index (κ1) is 15.3. The molecule has 0 aromatic heterocycles. The molecule has 3 rings (SSSR count). The van der Waals surface area contributed by atoms with Gasteiger partial charge in [0.15, 0.2) is 0 Å². The molecule has 2 aliphatic heterocycles. The summed E-state index contributed by atoms with van der Waals surface area (Å²) in [6, 6.07) is 6.29. The van der Waals surface area contributed by atoms with Crippen LogP contribution in [0.1, 0.15) is 44.6 Å². The van der Waals surface area contributed by atoms with Crippen LogP contribution in [0.15, 0.2) is 22.7 Å². The molecule has 116 valence electrons. The second-order valence-electron chi connectivity index (χ2n) is 6.40. The van der Waals surface area contributed by atoms with Gasteiger partial charge in [-0.1, -0.05) is 29.8 Å². The van der Waals surface area contributed by atoms with E-state index in [-0.39, 0.29) is 11.7 Å². The highest BCUT2D eigenvalue weighted by Crippen LogP contribution is 2.36. The molecule has 1 aromatic carbocycles. The van der Waals surface area contributed by atoms with Gasteiger partial charge in [0.2, 0.25) is 0 Å². The Balaban J connectivity index is 1.74. The zero-order valence-electron chi connectivity index (χ0n) is 12.7. The predicted molar refractivity (Wildman–Crippen MR) is 86.0 cm³/mol. The van der Waals surface area contributed by atoms with Gasteiger partial charge < -0.3 is 14.2 Å². The fourth-order valence-electron chi connectivity index (χ4n) is 3.20. The van der Waals surface area contributed by atoms with Gasteiger partial charge in [-0.3, -0.25) is 0 Å². The molecular weight excluding hydrogens is 332 g/mol. The van der Waals surface area contributed by atoms with Crippen LogP contribution in [0.3, 0.4) is 0 Å². The number of rotatable bonds is 3.